The predicted octanol–water partition coefficient (Wildman–Crippen LogP) is 2.38. The van der Waals surface area contributed by atoms with Crippen LogP contribution >= 0.6 is 11.3 Å². The normalized spacial score (nSPS) is 10.1. The van der Waals surface area contributed by atoms with Gasteiger partial charge in [0.05, 0.1) is 10.0 Å². The second-order valence-corrected chi connectivity index (χ2v) is 3.63. The molecule has 1 aromatic rings. The maximum Gasteiger partial charge on any atom is 0.0936 e. The highest BCUT2D eigenvalue weighted by Crippen LogP contribution is 2.33. The minimum Gasteiger partial charge on any atom is -0.390 e. The number of nitrogens with one attached hydrogen (secondary N) is 1. The number of hydrogen-bond acceptors (Lipinski definition) is 3. The largest absolute Gasteiger partial charge is 0.390 e. The first-order valence-electron chi connectivity index (χ1n) is 3.76. The lowest BCUT2D eigenvalue weighted by Crippen LogP contribution is -1.94. The van der Waals surface area contributed by atoms with Crippen LogP contribution in [0.3, 0.4) is 0 Å². The molecular formula is C8H14N2S. The number of thiophene rings is 1. The van der Waals surface area contributed by atoms with Crippen molar-refractivity contribution in [2.45, 2.75) is 20.8 Å². The fourth-order valence-corrected chi connectivity index (χ4v) is 2.00. The molecule has 62 valence electrons. The fourth-order valence-electron chi connectivity index (χ4n) is 0.947. The summed E-state index contributed by atoms with van der Waals surface area (Å²) in [4.78, 5) is 0. The lowest BCUT2D eigenvalue weighted by atomic mass is 10.2. The fraction of sp³-hybridized carbons (Fsp3) is 0.500. The van der Waals surface area contributed by atoms with Gasteiger partial charge in [-0.3, -0.25) is 0 Å². The first-order chi connectivity index (χ1) is 5.16. The van der Waals surface area contributed by atoms with Gasteiger partial charge in [0, 0.05) is 6.54 Å². The molecule has 3 N–H and O–H groups in total. The number of hydrogen-bond donors (Lipinski definition) is 2. The Balaban J connectivity index is 2.98. The summed E-state index contributed by atoms with van der Waals surface area (Å²) >= 11 is 1.63. The van der Waals surface area contributed by atoms with Gasteiger partial charge in [0.15, 0.2) is 0 Å². The molecule has 0 atom stereocenters. The smallest absolute Gasteiger partial charge is 0.0936 e. The molecule has 0 saturated heterocycles. The Morgan fingerprint density at radius 1 is 1.36 bits per heavy atom. The molecule has 0 bridgehead atoms. The van der Waals surface area contributed by atoms with Gasteiger partial charge in [-0.15, -0.1) is 11.3 Å². The van der Waals surface area contributed by atoms with Crippen molar-refractivity contribution < 1.29 is 0 Å². The van der Waals surface area contributed by atoms with E-state index >= 15 is 0 Å². The maximum atomic E-state index is 5.75. The van der Waals surface area contributed by atoms with Gasteiger partial charge >= 0.3 is 0 Å². The lowest BCUT2D eigenvalue weighted by Gasteiger charge is -1.99. The van der Waals surface area contributed by atoms with E-state index in [4.69, 9.17) is 5.73 Å². The van der Waals surface area contributed by atoms with Crippen LogP contribution in [0.2, 0.25) is 0 Å². The molecule has 1 rings (SSSR count). The van der Waals surface area contributed by atoms with E-state index in [1.807, 2.05) is 0 Å². The Morgan fingerprint density at radius 2 is 2.00 bits per heavy atom. The lowest BCUT2D eigenvalue weighted by molar-refractivity contribution is 1.21. The molecule has 0 radical (unpaired) electrons. The Kier molecular flexibility index (Phi) is 2.39. The zero-order valence-electron chi connectivity index (χ0n) is 7.19. The highest BCUT2D eigenvalue weighted by molar-refractivity contribution is 7.20. The van der Waals surface area contributed by atoms with Crippen LogP contribution in [-0.4, -0.2) is 6.54 Å². The predicted molar refractivity (Wildman–Crippen MR) is 52.4 cm³/mol. The minimum atomic E-state index is 0.929. The molecule has 0 aliphatic rings. The van der Waals surface area contributed by atoms with Gasteiger partial charge in [0.25, 0.3) is 0 Å². The van der Waals surface area contributed by atoms with Crippen LogP contribution in [0.25, 0.3) is 0 Å². The molecule has 0 aliphatic carbocycles. The van der Waals surface area contributed by atoms with Crippen LogP contribution < -0.4 is 11.1 Å². The number of rotatable bonds is 2. The molecule has 0 spiro atoms. The van der Waals surface area contributed by atoms with Crippen molar-refractivity contribution in [1.29, 1.82) is 0 Å². The van der Waals surface area contributed by atoms with Gasteiger partial charge in [0.2, 0.25) is 0 Å². The van der Waals surface area contributed by atoms with Crippen molar-refractivity contribution in [3.63, 3.8) is 0 Å². The summed E-state index contributed by atoms with van der Waals surface area (Å²) in [7, 11) is 0. The third kappa shape index (κ3) is 1.48. The standard InChI is InChI=1S/C8H14N2S/c1-4-10-8-6(3)5(2)7(9)11-8/h10H,4,9H2,1-3H3. The van der Waals surface area contributed by atoms with E-state index < -0.39 is 0 Å². The molecule has 0 saturated carbocycles. The quantitative estimate of drug-likeness (QED) is 0.715. The van der Waals surface area contributed by atoms with Gasteiger partial charge in [-0.1, -0.05) is 0 Å². The number of nitrogens with two attached hydrogens (primary N) is 1. The van der Waals surface area contributed by atoms with Crippen LogP contribution in [-0.2, 0) is 0 Å². The summed E-state index contributed by atoms with van der Waals surface area (Å²) < 4.78 is 0. The number of nitrogen functional groups attached to an aromatic ring is 1. The molecule has 0 aliphatic heterocycles. The van der Waals surface area contributed by atoms with Crippen molar-refractivity contribution in [2.75, 3.05) is 17.6 Å². The topological polar surface area (TPSA) is 38.0 Å². The first kappa shape index (κ1) is 8.40. The highest BCUT2D eigenvalue weighted by atomic mass is 32.1. The summed E-state index contributed by atoms with van der Waals surface area (Å²) in [6.07, 6.45) is 0. The van der Waals surface area contributed by atoms with E-state index in [-0.39, 0.29) is 0 Å². The second kappa shape index (κ2) is 3.13. The molecule has 2 nitrogen and oxygen atoms in total. The first-order valence-corrected chi connectivity index (χ1v) is 4.57. The molecule has 0 aromatic carbocycles. The van der Waals surface area contributed by atoms with E-state index in [1.54, 1.807) is 11.3 Å². The van der Waals surface area contributed by atoms with Gasteiger partial charge in [-0.25, -0.2) is 0 Å². The molecule has 11 heavy (non-hydrogen) atoms. The van der Waals surface area contributed by atoms with Crippen LogP contribution in [0.4, 0.5) is 10.0 Å². The molecule has 3 heteroatoms. The van der Waals surface area contributed by atoms with E-state index in [1.165, 1.54) is 16.1 Å². The average molecular weight is 170 g/mol. The summed E-state index contributed by atoms with van der Waals surface area (Å²) in [6, 6.07) is 0. The van der Waals surface area contributed by atoms with E-state index in [9.17, 15) is 0 Å². The summed E-state index contributed by atoms with van der Waals surface area (Å²) in [5.74, 6) is 0. The Labute approximate surface area is 71.4 Å². The zero-order valence-corrected chi connectivity index (χ0v) is 8.01. The highest BCUT2D eigenvalue weighted by Gasteiger charge is 2.06. The van der Waals surface area contributed by atoms with Gasteiger partial charge in [-0.2, -0.15) is 0 Å². The summed E-state index contributed by atoms with van der Waals surface area (Å²) in [5.41, 5.74) is 8.25. The van der Waals surface area contributed by atoms with Crippen molar-refractivity contribution in [3.05, 3.63) is 11.1 Å². The second-order valence-electron chi connectivity index (χ2n) is 2.58. The van der Waals surface area contributed by atoms with Crippen molar-refractivity contribution in [3.8, 4) is 0 Å². The van der Waals surface area contributed by atoms with Crippen molar-refractivity contribution in [1.82, 2.24) is 0 Å². The van der Waals surface area contributed by atoms with Crippen molar-refractivity contribution in [2.24, 2.45) is 0 Å². The average Bonchev–Trinajstić information content (AvgIpc) is 2.19. The van der Waals surface area contributed by atoms with Crippen molar-refractivity contribution >= 4 is 21.3 Å². The molecule has 0 unspecified atom stereocenters. The Morgan fingerprint density at radius 3 is 2.36 bits per heavy atom. The Hall–Kier alpha value is -0.700. The third-order valence-electron chi connectivity index (χ3n) is 1.82. The summed E-state index contributed by atoms with van der Waals surface area (Å²) in [5, 5.41) is 5.42. The van der Waals surface area contributed by atoms with Crippen LogP contribution in [0, 0.1) is 13.8 Å². The Bertz CT molecular complexity index is 253. The van der Waals surface area contributed by atoms with Crippen LogP contribution in [0.1, 0.15) is 18.1 Å². The molecule has 0 amide bonds. The third-order valence-corrected chi connectivity index (χ3v) is 3.00. The van der Waals surface area contributed by atoms with E-state index in [0.29, 0.717) is 0 Å². The summed E-state index contributed by atoms with van der Waals surface area (Å²) in [6.45, 7) is 7.20. The molecule has 1 aromatic heterocycles. The van der Waals surface area contributed by atoms with E-state index in [0.717, 1.165) is 11.5 Å². The zero-order chi connectivity index (χ0) is 8.43. The SMILES string of the molecule is CCNc1sc(N)c(C)c1C. The number of anilines is 2. The molecule has 0 fully saturated rings. The van der Waals surface area contributed by atoms with Gasteiger partial charge < -0.3 is 11.1 Å². The van der Waals surface area contributed by atoms with Gasteiger partial charge in [0.1, 0.15) is 0 Å². The van der Waals surface area contributed by atoms with Crippen LogP contribution in [0.5, 0.6) is 0 Å². The molecular weight excluding hydrogens is 156 g/mol. The van der Waals surface area contributed by atoms with E-state index in [2.05, 4.69) is 26.1 Å². The maximum absolute atomic E-state index is 5.75. The molecule has 1 heterocycles. The minimum absolute atomic E-state index is 0.929. The van der Waals surface area contributed by atoms with Gasteiger partial charge in [-0.05, 0) is 31.9 Å². The van der Waals surface area contributed by atoms with Crippen LogP contribution in [0.15, 0.2) is 0 Å². The monoisotopic (exact) mass is 170 g/mol.